The Balaban J connectivity index is 1.58. The van der Waals surface area contributed by atoms with Gasteiger partial charge in [0.25, 0.3) is 0 Å². The molecule has 0 saturated heterocycles. The van der Waals surface area contributed by atoms with Crippen LogP contribution in [0.1, 0.15) is 12.6 Å². The van der Waals surface area contributed by atoms with Gasteiger partial charge in [-0.2, -0.15) is 0 Å². The van der Waals surface area contributed by atoms with Crippen LogP contribution >= 0.6 is 0 Å². The lowest BCUT2D eigenvalue weighted by atomic mass is 10.2. The zero-order chi connectivity index (χ0) is 22.6. The van der Waals surface area contributed by atoms with Gasteiger partial charge in [0.05, 0.1) is 10.6 Å². The highest BCUT2D eigenvalue weighted by Crippen LogP contribution is 2.32. The van der Waals surface area contributed by atoms with E-state index in [1.165, 1.54) is 12.1 Å². The summed E-state index contributed by atoms with van der Waals surface area (Å²) in [6.07, 6.45) is 4.13. The summed E-state index contributed by atoms with van der Waals surface area (Å²) >= 11 is 0. The molecule has 0 saturated carbocycles. The van der Waals surface area contributed by atoms with E-state index in [0.717, 1.165) is 17.8 Å². The summed E-state index contributed by atoms with van der Waals surface area (Å²) in [7, 11) is -3.74. The first-order valence-corrected chi connectivity index (χ1v) is 11.4. The molecule has 0 amide bonds. The summed E-state index contributed by atoms with van der Waals surface area (Å²) in [4.78, 5) is 13.4. The quantitative estimate of drug-likeness (QED) is 0.434. The van der Waals surface area contributed by atoms with E-state index in [-0.39, 0.29) is 4.90 Å². The highest BCUT2D eigenvalue weighted by molar-refractivity contribution is 7.89. The van der Waals surface area contributed by atoms with Crippen molar-refractivity contribution in [3.05, 3.63) is 84.8 Å². The van der Waals surface area contributed by atoms with Crippen LogP contribution in [0.25, 0.3) is 11.4 Å². The van der Waals surface area contributed by atoms with Crippen molar-refractivity contribution in [2.75, 3.05) is 5.32 Å². The molecule has 8 nitrogen and oxygen atoms in total. The number of aryl methyl sites for hydroxylation is 1. The van der Waals surface area contributed by atoms with Crippen LogP contribution in [-0.4, -0.2) is 23.4 Å². The molecule has 4 aromatic rings. The van der Waals surface area contributed by atoms with E-state index in [4.69, 9.17) is 14.9 Å². The molecular weight excluding hydrogens is 426 g/mol. The molecule has 32 heavy (non-hydrogen) atoms. The molecule has 3 aromatic heterocycles. The standard InChI is InChI=1S/C23H21N5O3S/c1-2-16-8-11-21(23(28-16)20-5-3-4-13-25-20)31-18-12-14-26-22(15-18)27-17-6-9-19(10-7-17)32(24,29)30/h3-15H,2H2,1H3,(H,26,27)(H2,24,29,30). The highest BCUT2D eigenvalue weighted by Gasteiger charge is 2.12. The van der Waals surface area contributed by atoms with Crippen LogP contribution in [0, 0.1) is 0 Å². The lowest BCUT2D eigenvalue weighted by molar-refractivity contribution is 0.481. The Hall–Kier alpha value is -3.82. The Morgan fingerprint density at radius 1 is 0.969 bits per heavy atom. The molecule has 3 N–H and O–H groups in total. The van der Waals surface area contributed by atoms with Crippen molar-refractivity contribution < 1.29 is 13.2 Å². The van der Waals surface area contributed by atoms with Gasteiger partial charge in [-0.1, -0.05) is 13.0 Å². The fourth-order valence-electron chi connectivity index (χ4n) is 3.00. The summed E-state index contributed by atoms with van der Waals surface area (Å²) < 4.78 is 28.9. The molecule has 0 aliphatic rings. The van der Waals surface area contributed by atoms with Crippen LogP contribution in [-0.2, 0) is 16.4 Å². The van der Waals surface area contributed by atoms with Gasteiger partial charge in [0.1, 0.15) is 17.3 Å². The summed E-state index contributed by atoms with van der Waals surface area (Å²) in [5, 5.41) is 8.26. The van der Waals surface area contributed by atoms with Gasteiger partial charge < -0.3 is 10.1 Å². The van der Waals surface area contributed by atoms with Gasteiger partial charge in [-0.25, -0.2) is 23.5 Å². The fourth-order valence-corrected chi connectivity index (χ4v) is 3.51. The molecule has 162 valence electrons. The zero-order valence-electron chi connectivity index (χ0n) is 17.3. The highest BCUT2D eigenvalue weighted by atomic mass is 32.2. The molecule has 0 atom stereocenters. The number of rotatable bonds is 7. The van der Waals surface area contributed by atoms with Crippen molar-refractivity contribution >= 4 is 21.5 Å². The van der Waals surface area contributed by atoms with E-state index < -0.39 is 10.0 Å². The van der Waals surface area contributed by atoms with E-state index >= 15 is 0 Å². The number of aromatic nitrogens is 3. The zero-order valence-corrected chi connectivity index (χ0v) is 18.1. The van der Waals surface area contributed by atoms with Crippen LogP contribution in [0.2, 0.25) is 0 Å². The Bertz CT molecular complexity index is 1330. The van der Waals surface area contributed by atoms with Crippen molar-refractivity contribution in [1.29, 1.82) is 0 Å². The van der Waals surface area contributed by atoms with Gasteiger partial charge in [-0.3, -0.25) is 4.98 Å². The van der Waals surface area contributed by atoms with Crippen LogP contribution in [0.3, 0.4) is 0 Å². The maximum Gasteiger partial charge on any atom is 0.238 e. The molecular formula is C23H21N5O3S. The number of nitrogens with one attached hydrogen (secondary N) is 1. The van der Waals surface area contributed by atoms with Crippen molar-refractivity contribution in [3.63, 3.8) is 0 Å². The van der Waals surface area contributed by atoms with E-state index in [1.54, 1.807) is 36.7 Å². The number of anilines is 2. The summed E-state index contributed by atoms with van der Waals surface area (Å²) in [6.45, 7) is 2.04. The number of benzene rings is 1. The number of nitrogens with zero attached hydrogens (tertiary/aromatic N) is 3. The Labute approximate surface area is 186 Å². The number of pyridine rings is 3. The minimum Gasteiger partial charge on any atom is -0.455 e. The lowest BCUT2D eigenvalue weighted by Gasteiger charge is -2.13. The van der Waals surface area contributed by atoms with E-state index in [1.807, 2.05) is 37.3 Å². The maximum atomic E-state index is 11.4. The molecule has 0 aliphatic carbocycles. The topological polar surface area (TPSA) is 120 Å². The predicted octanol–water partition coefficient (Wildman–Crippen LogP) is 4.28. The molecule has 0 unspecified atom stereocenters. The van der Waals surface area contributed by atoms with Crippen molar-refractivity contribution in [2.24, 2.45) is 5.14 Å². The van der Waals surface area contributed by atoms with Gasteiger partial charge in [0.15, 0.2) is 5.75 Å². The third-order valence-corrected chi connectivity index (χ3v) is 5.53. The largest absolute Gasteiger partial charge is 0.455 e. The number of primary sulfonamides is 1. The van der Waals surface area contributed by atoms with Crippen molar-refractivity contribution in [2.45, 2.75) is 18.2 Å². The van der Waals surface area contributed by atoms with E-state index in [2.05, 4.69) is 15.3 Å². The normalized spacial score (nSPS) is 11.2. The van der Waals surface area contributed by atoms with Crippen LogP contribution in [0.15, 0.2) is 84.0 Å². The number of ether oxygens (including phenoxy) is 1. The molecule has 9 heteroatoms. The van der Waals surface area contributed by atoms with Gasteiger partial charge in [-0.05, 0) is 61.0 Å². The maximum absolute atomic E-state index is 11.4. The summed E-state index contributed by atoms with van der Waals surface area (Å²) in [5.74, 6) is 1.67. The molecule has 4 rings (SSSR count). The average Bonchev–Trinajstić information content (AvgIpc) is 2.80. The van der Waals surface area contributed by atoms with Crippen molar-refractivity contribution in [3.8, 4) is 22.9 Å². The first-order valence-electron chi connectivity index (χ1n) is 9.87. The van der Waals surface area contributed by atoms with Crippen LogP contribution < -0.4 is 15.2 Å². The fraction of sp³-hybridized carbons (Fsp3) is 0.0870. The monoisotopic (exact) mass is 447 g/mol. The number of sulfonamides is 1. The van der Waals surface area contributed by atoms with Crippen molar-refractivity contribution in [1.82, 2.24) is 15.0 Å². The van der Waals surface area contributed by atoms with Crippen LogP contribution in [0.4, 0.5) is 11.5 Å². The van der Waals surface area contributed by atoms with Crippen LogP contribution in [0.5, 0.6) is 11.5 Å². The lowest BCUT2D eigenvalue weighted by Crippen LogP contribution is -2.11. The average molecular weight is 448 g/mol. The second-order valence-corrected chi connectivity index (χ2v) is 8.45. The number of hydrogen-bond acceptors (Lipinski definition) is 7. The third-order valence-electron chi connectivity index (χ3n) is 4.60. The molecule has 3 heterocycles. The Morgan fingerprint density at radius 2 is 1.78 bits per heavy atom. The minimum absolute atomic E-state index is 0.0400. The summed E-state index contributed by atoms with van der Waals surface area (Å²) in [5.41, 5.74) is 2.98. The molecule has 0 aliphatic heterocycles. The molecule has 0 radical (unpaired) electrons. The second-order valence-electron chi connectivity index (χ2n) is 6.89. The van der Waals surface area contributed by atoms with E-state index in [0.29, 0.717) is 28.7 Å². The van der Waals surface area contributed by atoms with Gasteiger partial charge in [-0.15, -0.1) is 0 Å². The molecule has 0 fully saturated rings. The molecule has 0 bridgehead atoms. The SMILES string of the molecule is CCc1ccc(Oc2ccnc(Nc3ccc(S(N)(=O)=O)cc3)c2)c(-c2ccccn2)n1. The first kappa shape index (κ1) is 21.4. The number of nitrogens with two attached hydrogens (primary N) is 1. The summed E-state index contributed by atoms with van der Waals surface area (Å²) in [6, 6.07) is 19.0. The first-order chi connectivity index (χ1) is 15.4. The smallest absolute Gasteiger partial charge is 0.238 e. The Kier molecular flexibility index (Phi) is 6.11. The minimum atomic E-state index is -3.74. The third kappa shape index (κ3) is 5.08. The second kappa shape index (κ2) is 9.13. The van der Waals surface area contributed by atoms with E-state index in [9.17, 15) is 8.42 Å². The molecule has 1 aromatic carbocycles. The molecule has 0 spiro atoms. The van der Waals surface area contributed by atoms with Gasteiger partial charge in [0.2, 0.25) is 10.0 Å². The Morgan fingerprint density at radius 3 is 2.47 bits per heavy atom. The number of hydrogen-bond donors (Lipinski definition) is 2. The van der Waals surface area contributed by atoms with Gasteiger partial charge >= 0.3 is 0 Å². The predicted molar refractivity (Wildman–Crippen MR) is 122 cm³/mol. The van der Waals surface area contributed by atoms with Gasteiger partial charge in [0, 0.05) is 29.8 Å².